The first-order chi connectivity index (χ1) is 58.6. The maximum absolute atomic E-state index is 2.41. The van der Waals surface area contributed by atoms with Gasteiger partial charge in [0.05, 0.1) is 0 Å². The Bertz CT molecular complexity index is 4120. The highest BCUT2D eigenvalue weighted by molar-refractivity contribution is 7.14. The molecule has 0 amide bonds. The third-order valence-corrected chi connectivity index (χ3v) is 37.7. The van der Waals surface area contributed by atoms with Crippen molar-refractivity contribution in [3.8, 4) is 0 Å². The van der Waals surface area contributed by atoms with Crippen molar-refractivity contribution >= 4 is 102 Å². The lowest BCUT2D eigenvalue weighted by atomic mass is 9.90. The van der Waals surface area contributed by atoms with Crippen LogP contribution in [0.3, 0.4) is 0 Å². The van der Waals surface area contributed by atoms with E-state index in [-0.39, 0.29) is 0 Å². The van der Waals surface area contributed by atoms with Gasteiger partial charge >= 0.3 is 0 Å². The molecular formula is C115H194S9. The Hall–Kier alpha value is -2.70. The van der Waals surface area contributed by atoms with Crippen LogP contribution in [0.4, 0.5) is 0 Å². The van der Waals surface area contributed by atoms with Gasteiger partial charge in [0.25, 0.3) is 0 Å². The lowest BCUT2D eigenvalue weighted by molar-refractivity contribution is 0.435. The fourth-order valence-electron chi connectivity index (χ4n) is 18.1. The molecule has 708 valence electrons. The molecule has 0 aliphatic heterocycles. The lowest BCUT2D eigenvalue weighted by Crippen LogP contribution is -2.05. The molecule has 0 saturated heterocycles. The van der Waals surface area contributed by atoms with E-state index in [1.165, 1.54) is 302 Å². The van der Waals surface area contributed by atoms with Gasteiger partial charge < -0.3 is 0 Å². The molecule has 9 heterocycles. The van der Waals surface area contributed by atoms with Gasteiger partial charge in [0.15, 0.2) is 0 Å². The Morgan fingerprint density at radius 3 is 0.565 bits per heavy atom. The number of unbranched alkanes of at least 4 members (excludes halogenated alkanes) is 12. The molecular weight excluding hydrogens is 1670 g/mol. The molecule has 124 heavy (non-hydrogen) atoms. The molecule has 0 aromatic carbocycles. The molecule has 0 nitrogen and oxygen atoms in total. The Morgan fingerprint density at radius 1 is 0.169 bits per heavy atom. The predicted molar refractivity (Wildman–Crippen MR) is 588 cm³/mol. The maximum atomic E-state index is 2.41. The van der Waals surface area contributed by atoms with Gasteiger partial charge in [-0.15, -0.1) is 102 Å². The molecule has 9 rings (SSSR count). The number of aryl methyl sites for hydroxylation is 18. The average Bonchev–Trinajstić information content (AvgIpc) is 1.68. The number of hydrogen-bond donors (Lipinski definition) is 0. The Balaban J connectivity index is 0.000000705. The first-order valence-electron chi connectivity index (χ1n) is 50.1. The Kier molecular flexibility index (Phi) is 62.5. The van der Waals surface area contributed by atoms with E-state index in [4.69, 9.17) is 0 Å². The van der Waals surface area contributed by atoms with Gasteiger partial charge in [-0.2, -0.15) is 0 Å². The summed E-state index contributed by atoms with van der Waals surface area (Å²) >= 11 is 17.6. The minimum Gasteiger partial charge on any atom is -0.145 e. The zero-order valence-electron chi connectivity index (χ0n) is 88.9. The highest BCUT2D eigenvalue weighted by Crippen LogP contribution is 2.38. The SMILES string of the molecule is CCCCC(CC)Cc1c(C)sc(C)c1C.CCCCCCC(C)Cc1c(C)sc(C)c1C.CCCCCCC(CC)Cc1c(C)sc(C)c1C.CCCCCCCCC(CC)Cc1c(C)sc(C)c1C.CCc1c(C)sc(C)c1C.CCc1c(C)sc(C)c1C.CCc1c(C)sc(C)c1C.CCc1c(C)sc(C)c1C.CCc1c(C)sc(C)c1CC(C)C. The second-order valence-electron chi connectivity index (χ2n) is 37.2. The largest absolute Gasteiger partial charge is 0.145 e. The van der Waals surface area contributed by atoms with Gasteiger partial charge in [0.1, 0.15) is 0 Å². The molecule has 4 atom stereocenters. The second kappa shape index (κ2) is 65.0. The number of hydrogen-bond acceptors (Lipinski definition) is 9. The van der Waals surface area contributed by atoms with Gasteiger partial charge in [-0.1, -0.05) is 252 Å². The minimum absolute atomic E-state index is 0.776. The molecule has 9 heteroatoms. The van der Waals surface area contributed by atoms with E-state index in [2.05, 4.69) is 284 Å². The van der Waals surface area contributed by atoms with Gasteiger partial charge in [-0.25, -0.2) is 0 Å². The van der Waals surface area contributed by atoms with E-state index in [1.54, 1.807) is 97.4 Å². The van der Waals surface area contributed by atoms with Crippen molar-refractivity contribution in [3.63, 3.8) is 0 Å². The van der Waals surface area contributed by atoms with E-state index < -0.39 is 0 Å². The minimum atomic E-state index is 0.776. The van der Waals surface area contributed by atoms with Crippen LogP contribution in [-0.2, 0) is 64.2 Å². The highest BCUT2D eigenvalue weighted by Gasteiger charge is 2.20. The number of rotatable bonds is 38. The van der Waals surface area contributed by atoms with Crippen molar-refractivity contribution in [2.75, 3.05) is 0 Å². The average molecular weight is 1870 g/mol. The van der Waals surface area contributed by atoms with Gasteiger partial charge in [-0.3, -0.25) is 0 Å². The molecule has 0 N–H and O–H groups in total. The number of thiophene rings is 9. The molecule has 9 aromatic rings. The summed E-state index contributed by atoms with van der Waals surface area (Å²) in [6.45, 7) is 92.8. The van der Waals surface area contributed by atoms with Crippen LogP contribution in [0.15, 0.2) is 0 Å². The van der Waals surface area contributed by atoms with E-state index in [1.807, 2.05) is 102 Å². The van der Waals surface area contributed by atoms with E-state index >= 15 is 0 Å². The molecule has 0 spiro atoms. The molecule has 9 aromatic heterocycles. The summed E-state index contributed by atoms with van der Waals surface area (Å²) in [5, 5.41) is 0. The van der Waals surface area contributed by atoms with Crippen molar-refractivity contribution in [1.82, 2.24) is 0 Å². The monoisotopic (exact) mass is 1860 g/mol. The van der Waals surface area contributed by atoms with Crippen LogP contribution < -0.4 is 0 Å². The van der Waals surface area contributed by atoms with Crippen molar-refractivity contribution in [1.29, 1.82) is 0 Å². The summed E-state index contributed by atoms with van der Waals surface area (Å²) in [6.07, 6.45) is 44.5. The maximum Gasteiger partial charge on any atom is 0.00519 e. The lowest BCUT2D eigenvalue weighted by Gasteiger charge is -2.15. The predicted octanol–water partition coefficient (Wildman–Crippen LogP) is 41.5. The Morgan fingerprint density at radius 2 is 0.355 bits per heavy atom. The second-order valence-corrected chi connectivity index (χ2v) is 50.1. The summed E-state index contributed by atoms with van der Waals surface area (Å²) < 4.78 is 0. The van der Waals surface area contributed by atoms with Crippen LogP contribution >= 0.6 is 102 Å². The zero-order chi connectivity index (χ0) is 94.4. The van der Waals surface area contributed by atoms with Crippen molar-refractivity contribution in [3.05, 3.63) is 188 Å². The first kappa shape index (κ1) is 119. The summed E-state index contributed by atoms with van der Waals surface area (Å²) in [4.78, 5) is 27.2. The van der Waals surface area contributed by atoms with Crippen molar-refractivity contribution < 1.29 is 0 Å². The van der Waals surface area contributed by atoms with E-state index in [9.17, 15) is 0 Å². The van der Waals surface area contributed by atoms with E-state index in [0.717, 1.165) is 29.6 Å². The fourth-order valence-corrected chi connectivity index (χ4v) is 28.3. The molecule has 0 radical (unpaired) electrons. The summed E-state index contributed by atoms with van der Waals surface area (Å²) in [7, 11) is 0. The topological polar surface area (TPSA) is 0 Å². The Labute approximate surface area is 808 Å². The van der Waals surface area contributed by atoms with Crippen LogP contribution in [0, 0.1) is 210 Å². The smallest absolute Gasteiger partial charge is 0.00519 e. The van der Waals surface area contributed by atoms with Crippen LogP contribution in [0.25, 0.3) is 0 Å². The van der Waals surface area contributed by atoms with Gasteiger partial charge in [-0.05, 0) is 374 Å². The van der Waals surface area contributed by atoms with Gasteiger partial charge in [0, 0.05) is 87.8 Å². The van der Waals surface area contributed by atoms with Crippen LogP contribution in [0.1, 0.15) is 439 Å². The first-order valence-corrected chi connectivity index (χ1v) is 57.4. The quantitative estimate of drug-likeness (QED) is 0.0338. The van der Waals surface area contributed by atoms with Crippen molar-refractivity contribution in [2.45, 2.75) is 496 Å². The van der Waals surface area contributed by atoms with Crippen LogP contribution in [-0.4, -0.2) is 0 Å². The third-order valence-electron chi connectivity index (χ3n) is 27.3. The van der Waals surface area contributed by atoms with Crippen LogP contribution in [0.5, 0.6) is 0 Å². The van der Waals surface area contributed by atoms with Gasteiger partial charge in [0.2, 0.25) is 0 Å². The van der Waals surface area contributed by atoms with E-state index in [0.29, 0.717) is 0 Å². The fraction of sp³-hybridized carbons (Fsp3) is 0.687. The molecule has 0 bridgehead atoms. The molecule has 0 fully saturated rings. The molecule has 4 unspecified atom stereocenters. The van der Waals surface area contributed by atoms with Crippen molar-refractivity contribution in [2.24, 2.45) is 29.6 Å². The normalized spacial score (nSPS) is 12.0. The summed E-state index contributed by atoms with van der Waals surface area (Å²) in [5.41, 5.74) is 28.3. The highest BCUT2D eigenvalue weighted by atomic mass is 32.1. The zero-order valence-corrected chi connectivity index (χ0v) is 96.2. The third kappa shape index (κ3) is 41.2. The molecule has 0 aliphatic carbocycles. The molecule has 0 saturated carbocycles. The summed E-state index contributed by atoms with van der Waals surface area (Å²) in [6, 6.07) is 0. The summed E-state index contributed by atoms with van der Waals surface area (Å²) in [5.74, 6) is 4.31. The van der Waals surface area contributed by atoms with Crippen LogP contribution in [0.2, 0.25) is 0 Å². The standard InChI is InChI=1S/C19H34S.C17H30S.C16H28S.C15H26S.C12H20S.4C9H14S/c1-6-8-9-10-11-12-13-18(7-2)14-19-15(3)16(4)20-17(19)5;1-6-8-9-10-11-16(7-2)12-17-13(3)14(4)18-15(17)5;1-6-7-8-9-10-12(2)11-16-13(3)14(4)17-15(16)5;1-6-8-9-14(7-2)10-15-11(3)12(4)16-13(15)5;1-6-11-9(4)13-10(5)12(11)7-8(2)3;4*1-5-9-6(2)7(3)10-8(9)4/h18H,6-14H2,1-5H3;16H,6-12H2,1-5H3;12H,6-11H2,1-5H3;14H,6-10H2,1-5H3;8H,6-7H2,1-5H3;4*5H2,1-4H3. The molecule has 0 aliphatic rings.